The van der Waals surface area contributed by atoms with E-state index in [1.54, 1.807) is 12.1 Å². The van der Waals surface area contributed by atoms with Gasteiger partial charge in [-0.1, -0.05) is 0 Å². The topological polar surface area (TPSA) is 32.9 Å². The molecule has 0 saturated carbocycles. The molecular weight excluding hydrogens is 237 g/mol. The number of rotatable bonds is 0. The van der Waals surface area contributed by atoms with Crippen LogP contribution < -0.4 is 5.56 Å². The van der Waals surface area contributed by atoms with Gasteiger partial charge in [0.25, 0.3) is 0 Å². The fourth-order valence-electron chi connectivity index (χ4n) is 1.15. The second-order valence-electron chi connectivity index (χ2n) is 2.68. The smallest absolute Gasteiger partial charge is 0.248 e. The standard InChI is InChI=1S/C9H5BrFNO/c10-6-3-5-1-2-9(13)12-8(5)4-7(6)11/h1-4H,(H,12,13). The summed E-state index contributed by atoms with van der Waals surface area (Å²) in [4.78, 5) is 13.4. The molecule has 2 nitrogen and oxygen atoms in total. The minimum Gasteiger partial charge on any atom is -0.322 e. The molecule has 4 heteroatoms. The quantitative estimate of drug-likeness (QED) is 0.756. The van der Waals surface area contributed by atoms with Crippen molar-refractivity contribution in [3.63, 3.8) is 0 Å². The molecule has 2 rings (SSSR count). The van der Waals surface area contributed by atoms with Crippen molar-refractivity contribution in [2.75, 3.05) is 0 Å². The number of halogens is 2. The van der Waals surface area contributed by atoms with Gasteiger partial charge in [-0.25, -0.2) is 4.39 Å². The molecule has 0 bridgehead atoms. The van der Waals surface area contributed by atoms with Gasteiger partial charge in [-0.2, -0.15) is 0 Å². The van der Waals surface area contributed by atoms with Gasteiger partial charge in [0.05, 0.1) is 9.99 Å². The van der Waals surface area contributed by atoms with Crippen molar-refractivity contribution in [1.82, 2.24) is 4.98 Å². The number of aromatic nitrogens is 1. The van der Waals surface area contributed by atoms with Crippen LogP contribution in [0.25, 0.3) is 10.9 Å². The predicted molar refractivity (Wildman–Crippen MR) is 52.2 cm³/mol. The number of nitrogens with one attached hydrogen (secondary N) is 1. The van der Waals surface area contributed by atoms with Gasteiger partial charge in [0, 0.05) is 6.07 Å². The molecule has 1 aromatic heterocycles. The molecule has 13 heavy (non-hydrogen) atoms. The molecule has 0 radical (unpaired) electrons. The number of benzene rings is 1. The molecule has 0 amide bonds. The lowest BCUT2D eigenvalue weighted by Crippen LogP contribution is -2.02. The van der Waals surface area contributed by atoms with Crippen LogP contribution in [0.5, 0.6) is 0 Å². The Balaban J connectivity index is 2.89. The molecule has 0 aliphatic carbocycles. The van der Waals surface area contributed by atoms with Crippen molar-refractivity contribution in [1.29, 1.82) is 0 Å². The maximum absolute atomic E-state index is 13.0. The maximum Gasteiger partial charge on any atom is 0.248 e. The van der Waals surface area contributed by atoms with Crippen molar-refractivity contribution >= 4 is 26.8 Å². The Bertz CT molecular complexity index is 520. The second kappa shape index (κ2) is 2.96. The molecule has 1 heterocycles. The average molecular weight is 242 g/mol. The minimum atomic E-state index is -0.380. The Morgan fingerprint density at radius 1 is 1.31 bits per heavy atom. The molecule has 0 unspecified atom stereocenters. The molecule has 66 valence electrons. The van der Waals surface area contributed by atoms with Crippen LogP contribution in [0.2, 0.25) is 0 Å². The molecule has 1 N–H and O–H groups in total. The van der Waals surface area contributed by atoms with Crippen LogP contribution in [0.1, 0.15) is 0 Å². The van der Waals surface area contributed by atoms with Crippen LogP contribution in [0.15, 0.2) is 33.5 Å². The minimum absolute atomic E-state index is 0.228. The fraction of sp³-hybridized carbons (Fsp3) is 0. The number of aromatic amines is 1. The summed E-state index contributed by atoms with van der Waals surface area (Å²) >= 11 is 3.07. The lowest BCUT2D eigenvalue weighted by atomic mass is 10.2. The molecule has 0 aliphatic rings. The zero-order valence-electron chi connectivity index (χ0n) is 6.47. The maximum atomic E-state index is 13.0. The van der Waals surface area contributed by atoms with E-state index in [9.17, 15) is 9.18 Å². The normalized spacial score (nSPS) is 10.6. The van der Waals surface area contributed by atoms with Gasteiger partial charge in [-0.05, 0) is 39.5 Å². The van der Waals surface area contributed by atoms with Crippen molar-refractivity contribution in [2.45, 2.75) is 0 Å². The van der Waals surface area contributed by atoms with Gasteiger partial charge < -0.3 is 4.98 Å². The van der Waals surface area contributed by atoms with E-state index in [2.05, 4.69) is 20.9 Å². The van der Waals surface area contributed by atoms with Gasteiger partial charge in [-0.3, -0.25) is 4.79 Å². The van der Waals surface area contributed by atoms with Gasteiger partial charge >= 0.3 is 0 Å². The van der Waals surface area contributed by atoms with Crippen LogP contribution in [0, 0.1) is 5.82 Å². The highest BCUT2D eigenvalue weighted by Gasteiger charge is 2.01. The number of hydrogen-bond donors (Lipinski definition) is 1. The first-order valence-corrected chi connectivity index (χ1v) is 4.44. The third-order valence-electron chi connectivity index (χ3n) is 1.76. The first-order valence-electron chi connectivity index (χ1n) is 3.65. The lowest BCUT2D eigenvalue weighted by molar-refractivity contribution is 0.623. The summed E-state index contributed by atoms with van der Waals surface area (Å²) in [5, 5.41) is 0.799. The summed E-state index contributed by atoms with van der Waals surface area (Å²) in [5.41, 5.74) is 0.280. The number of fused-ring (bicyclic) bond motifs is 1. The summed E-state index contributed by atoms with van der Waals surface area (Å²) in [6.07, 6.45) is 0. The molecule has 0 spiro atoms. The first-order chi connectivity index (χ1) is 6.16. The van der Waals surface area contributed by atoms with Gasteiger partial charge in [0.2, 0.25) is 5.56 Å². The number of H-pyrrole nitrogens is 1. The zero-order chi connectivity index (χ0) is 9.42. The highest BCUT2D eigenvalue weighted by Crippen LogP contribution is 2.20. The summed E-state index contributed by atoms with van der Waals surface area (Å²) in [7, 11) is 0. The van der Waals surface area contributed by atoms with E-state index in [1.165, 1.54) is 12.1 Å². The van der Waals surface area contributed by atoms with Gasteiger partial charge in [0.1, 0.15) is 5.82 Å². The Morgan fingerprint density at radius 2 is 2.08 bits per heavy atom. The second-order valence-corrected chi connectivity index (χ2v) is 3.53. The summed E-state index contributed by atoms with van der Waals surface area (Å²) < 4.78 is 13.4. The van der Waals surface area contributed by atoms with Gasteiger partial charge in [0.15, 0.2) is 0 Å². The largest absolute Gasteiger partial charge is 0.322 e. The van der Waals surface area contributed by atoms with Crippen molar-refractivity contribution in [2.24, 2.45) is 0 Å². The van der Waals surface area contributed by atoms with E-state index in [0.717, 1.165) is 5.39 Å². The van der Waals surface area contributed by atoms with Crippen LogP contribution in [-0.4, -0.2) is 4.98 Å². The van der Waals surface area contributed by atoms with Gasteiger partial charge in [-0.15, -0.1) is 0 Å². The Morgan fingerprint density at radius 3 is 2.85 bits per heavy atom. The predicted octanol–water partition coefficient (Wildman–Crippen LogP) is 2.43. The van der Waals surface area contributed by atoms with Crippen molar-refractivity contribution in [3.05, 3.63) is 44.9 Å². The molecule has 2 aromatic rings. The van der Waals surface area contributed by atoms with Crippen molar-refractivity contribution in [3.8, 4) is 0 Å². The van der Waals surface area contributed by atoms with E-state index in [1.807, 2.05) is 0 Å². The molecule has 1 aromatic carbocycles. The number of pyridine rings is 1. The lowest BCUT2D eigenvalue weighted by Gasteiger charge is -1.98. The highest BCUT2D eigenvalue weighted by atomic mass is 79.9. The summed E-state index contributed by atoms with van der Waals surface area (Å²) in [5.74, 6) is -0.380. The van der Waals surface area contributed by atoms with E-state index in [0.29, 0.717) is 9.99 Å². The Kier molecular flexibility index (Phi) is 1.92. The third-order valence-corrected chi connectivity index (χ3v) is 2.37. The Hall–Kier alpha value is -1.16. The zero-order valence-corrected chi connectivity index (χ0v) is 8.06. The monoisotopic (exact) mass is 241 g/mol. The molecular formula is C9H5BrFNO. The van der Waals surface area contributed by atoms with E-state index < -0.39 is 0 Å². The van der Waals surface area contributed by atoms with Crippen LogP contribution in [0.3, 0.4) is 0 Å². The van der Waals surface area contributed by atoms with Crippen molar-refractivity contribution < 1.29 is 4.39 Å². The van der Waals surface area contributed by atoms with Crippen LogP contribution in [-0.2, 0) is 0 Å². The molecule has 0 fully saturated rings. The van der Waals surface area contributed by atoms with Crippen LogP contribution >= 0.6 is 15.9 Å². The summed E-state index contributed by atoms with van der Waals surface area (Å²) in [6.45, 7) is 0. The molecule has 0 aliphatic heterocycles. The van der Waals surface area contributed by atoms with E-state index in [4.69, 9.17) is 0 Å². The van der Waals surface area contributed by atoms with E-state index >= 15 is 0 Å². The average Bonchev–Trinajstić information content (AvgIpc) is 2.08. The third kappa shape index (κ3) is 1.49. The highest BCUT2D eigenvalue weighted by molar-refractivity contribution is 9.10. The van der Waals surface area contributed by atoms with Crippen LogP contribution in [0.4, 0.5) is 4.39 Å². The molecule has 0 atom stereocenters. The summed E-state index contributed by atoms with van der Waals surface area (Å²) in [6, 6.07) is 5.98. The SMILES string of the molecule is O=c1ccc2cc(Br)c(F)cc2[nH]1. The van der Waals surface area contributed by atoms with E-state index in [-0.39, 0.29) is 11.4 Å². The molecule has 0 saturated heterocycles. The number of hydrogen-bond acceptors (Lipinski definition) is 1. The Labute approximate surface area is 81.5 Å². The first kappa shape index (κ1) is 8.44. The fourth-order valence-corrected chi connectivity index (χ4v) is 1.51.